The van der Waals surface area contributed by atoms with Crippen LogP contribution in [0, 0.1) is 0 Å². The number of aldehydes is 1. The fourth-order valence-electron chi connectivity index (χ4n) is 1.99. The molecule has 3 heteroatoms. The van der Waals surface area contributed by atoms with Gasteiger partial charge in [0.1, 0.15) is 6.29 Å². The van der Waals surface area contributed by atoms with Crippen molar-refractivity contribution in [1.29, 1.82) is 0 Å². The second-order valence-corrected chi connectivity index (χ2v) is 3.91. The number of fused-ring (bicyclic) bond motifs is 1. The third-order valence-electron chi connectivity index (χ3n) is 2.78. The lowest BCUT2D eigenvalue weighted by atomic mass is 9.92. The molecule has 0 heterocycles. The Morgan fingerprint density at radius 1 is 1.18 bits per heavy atom. The smallest absolute Gasteiger partial charge is 0.304 e. The zero-order valence-electron chi connectivity index (χ0n) is 9.17. The highest BCUT2D eigenvalue weighted by Crippen LogP contribution is 2.26. The minimum absolute atomic E-state index is 0.169. The van der Waals surface area contributed by atoms with Gasteiger partial charge >= 0.3 is 5.97 Å². The van der Waals surface area contributed by atoms with Crippen LogP contribution in [-0.4, -0.2) is 17.4 Å². The van der Waals surface area contributed by atoms with Gasteiger partial charge in [0.2, 0.25) is 0 Å². The van der Waals surface area contributed by atoms with Gasteiger partial charge in [0.25, 0.3) is 0 Å². The van der Waals surface area contributed by atoms with Crippen LogP contribution < -0.4 is 0 Å². The molecule has 0 fully saturated rings. The second-order valence-electron chi connectivity index (χ2n) is 3.91. The number of hydrogen-bond donors (Lipinski definition) is 1. The van der Waals surface area contributed by atoms with Gasteiger partial charge in [-0.25, -0.2) is 0 Å². The lowest BCUT2D eigenvalue weighted by Crippen LogP contribution is -2.07. The summed E-state index contributed by atoms with van der Waals surface area (Å²) in [7, 11) is 0. The molecule has 0 bridgehead atoms. The first-order valence-corrected chi connectivity index (χ1v) is 5.37. The van der Waals surface area contributed by atoms with Crippen LogP contribution >= 0.6 is 0 Å². The molecule has 0 saturated carbocycles. The Labute approximate surface area is 98.7 Å². The predicted molar refractivity (Wildman–Crippen MR) is 65.0 cm³/mol. The molecule has 2 aromatic rings. The van der Waals surface area contributed by atoms with E-state index in [1.165, 1.54) is 0 Å². The molecular weight excluding hydrogens is 216 g/mol. The summed E-state index contributed by atoms with van der Waals surface area (Å²) in [4.78, 5) is 21.7. The lowest BCUT2D eigenvalue weighted by molar-refractivity contribution is -0.138. The molecule has 0 aromatic heterocycles. The van der Waals surface area contributed by atoms with Crippen molar-refractivity contribution in [2.75, 3.05) is 0 Å². The van der Waals surface area contributed by atoms with Crippen LogP contribution in [0.1, 0.15) is 17.9 Å². The van der Waals surface area contributed by atoms with Crippen molar-refractivity contribution in [3.63, 3.8) is 0 Å². The highest BCUT2D eigenvalue weighted by atomic mass is 16.4. The van der Waals surface area contributed by atoms with Crippen LogP contribution in [0.4, 0.5) is 0 Å². The zero-order chi connectivity index (χ0) is 12.3. The van der Waals surface area contributed by atoms with Crippen molar-refractivity contribution >= 4 is 23.0 Å². The van der Waals surface area contributed by atoms with Crippen LogP contribution in [0.25, 0.3) is 10.8 Å². The SMILES string of the molecule is O=CC(CC(=O)O)c1cccc2ccccc12. The summed E-state index contributed by atoms with van der Waals surface area (Å²) in [6.45, 7) is 0. The number of carbonyl (C=O) groups excluding carboxylic acids is 1. The van der Waals surface area contributed by atoms with Gasteiger partial charge in [-0.05, 0) is 16.3 Å². The van der Waals surface area contributed by atoms with E-state index in [0.29, 0.717) is 6.29 Å². The summed E-state index contributed by atoms with van der Waals surface area (Å²) < 4.78 is 0. The Kier molecular flexibility index (Phi) is 3.19. The lowest BCUT2D eigenvalue weighted by Gasteiger charge is -2.11. The Bertz CT molecular complexity index is 555. The van der Waals surface area contributed by atoms with Gasteiger partial charge in [0.15, 0.2) is 0 Å². The Balaban J connectivity index is 2.53. The highest BCUT2D eigenvalue weighted by Gasteiger charge is 2.16. The fourth-order valence-corrected chi connectivity index (χ4v) is 1.99. The zero-order valence-corrected chi connectivity index (χ0v) is 9.17. The molecule has 2 rings (SSSR count). The molecule has 0 aliphatic carbocycles. The van der Waals surface area contributed by atoms with E-state index in [4.69, 9.17) is 5.11 Å². The number of carboxylic acids is 1. The number of hydrogen-bond acceptors (Lipinski definition) is 2. The molecule has 0 amide bonds. The number of carbonyl (C=O) groups is 2. The van der Waals surface area contributed by atoms with Crippen LogP contribution in [0.3, 0.4) is 0 Å². The molecule has 3 nitrogen and oxygen atoms in total. The molecule has 17 heavy (non-hydrogen) atoms. The van der Waals surface area contributed by atoms with Crippen molar-refractivity contribution in [3.05, 3.63) is 48.0 Å². The maximum atomic E-state index is 11.0. The number of carboxylic acid groups (broad SMARTS) is 1. The van der Waals surface area contributed by atoms with Crippen LogP contribution in [0.2, 0.25) is 0 Å². The Morgan fingerprint density at radius 2 is 1.88 bits per heavy atom. The summed E-state index contributed by atoms with van der Waals surface area (Å²) in [6, 6.07) is 13.2. The standard InChI is InChI=1S/C14H12O3/c15-9-11(8-14(16)17)13-7-3-5-10-4-1-2-6-12(10)13/h1-7,9,11H,8H2,(H,16,17). The van der Waals surface area contributed by atoms with Crippen molar-refractivity contribution < 1.29 is 14.7 Å². The van der Waals surface area contributed by atoms with Gasteiger partial charge in [-0.3, -0.25) is 4.79 Å². The first kappa shape index (κ1) is 11.3. The molecule has 1 atom stereocenters. The highest BCUT2D eigenvalue weighted by molar-refractivity contribution is 5.89. The van der Waals surface area contributed by atoms with E-state index >= 15 is 0 Å². The summed E-state index contributed by atoms with van der Waals surface area (Å²) >= 11 is 0. The van der Waals surface area contributed by atoms with Crippen LogP contribution in [0.5, 0.6) is 0 Å². The van der Waals surface area contributed by atoms with Crippen LogP contribution in [0.15, 0.2) is 42.5 Å². The minimum Gasteiger partial charge on any atom is -0.481 e. The van der Waals surface area contributed by atoms with E-state index in [1.807, 2.05) is 42.5 Å². The van der Waals surface area contributed by atoms with Crippen molar-refractivity contribution in [3.8, 4) is 0 Å². The molecule has 0 aliphatic heterocycles. The van der Waals surface area contributed by atoms with E-state index < -0.39 is 11.9 Å². The van der Waals surface area contributed by atoms with E-state index in [0.717, 1.165) is 16.3 Å². The van der Waals surface area contributed by atoms with E-state index in [-0.39, 0.29) is 6.42 Å². The average Bonchev–Trinajstić information content (AvgIpc) is 2.35. The van der Waals surface area contributed by atoms with Gasteiger partial charge in [-0.1, -0.05) is 42.5 Å². The van der Waals surface area contributed by atoms with Gasteiger partial charge < -0.3 is 9.90 Å². The van der Waals surface area contributed by atoms with Crippen molar-refractivity contribution in [2.45, 2.75) is 12.3 Å². The number of benzene rings is 2. The first-order valence-electron chi connectivity index (χ1n) is 5.37. The maximum Gasteiger partial charge on any atom is 0.304 e. The molecule has 0 aliphatic rings. The third kappa shape index (κ3) is 2.33. The Morgan fingerprint density at radius 3 is 2.59 bits per heavy atom. The van der Waals surface area contributed by atoms with E-state index in [1.54, 1.807) is 0 Å². The molecule has 1 N–H and O–H groups in total. The first-order chi connectivity index (χ1) is 8.22. The third-order valence-corrected chi connectivity index (χ3v) is 2.78. The average molecular weight is 228 g/mol. The molecular formula is C14H12O3. The molecule has 0 radical (unpaired) electrons. The normalized spacial score (nSPS) is 12.2. The fraction of sp³-hybridized carbons (Fsp3) is 0.143. The van der Waals surface area contributed by atoms with Gasteiger partial charge in [-0.15, -0.1) is 0 Å². The number of aliphatic carboxylic acids is 1. The predicted octanol–water partition coefficient (Wildman–Crippen LogP) is 2.60. The monoisotopic (exact) mass is 228 g/mol. The van der Waals surface area contributed by atoms with Crippen molar-refractivity contribution in [1.82, 2.24) is 0 Å². The largest absolute Gasteiger partial charge is 0.481 e. The van der Waals surface area contributed by atoms with E-state index in [9.17, 15) is 9.59 Å². The maximum absolute atomic E-state index is 11.0. The summed E-state index contributed by atoms with van der Waals surface area (Å²) in [5.41, 5.74) is 0.778. The Hall–Kier alpha value is -2.16. The summed E-state index contributed by atoms with van der Waals surface area (Å²) in [5, 5.41) is 10.7. The molecule has 0 saturated heterocycles. The van der Waals surface area contributed by atoms with Crippen LogP contribution in [-0.2, 0) is 9.59 Å². The summed E-state index contributed by atoms with van der Waals surface area (Å²) in [6.07, 6.45) is 0.535. The molecule has 1 unspecified atom stereocenters. The molecule has 2 aromatic carbocycles. The second kappa shape index (κ2) is 4.78. The summed E-state index contributed by atoms with van der Waals surface area (Å²) in [5.74, 6) is -1.55. The van der Waals surface area contributed by atoms with Gasteiger partial charge in [-0.2, -0.15) is 0 Å². The van der Waals surface area contributed by atoms with E-state index in [2.05, 4.69) is 0 Å². The minimum atomic E-state index is -0.963. The van der Waals surface area contributed by atoms with Gasteiger partial charge in [0, 0.05) is 0 Å². The molecule has 0 spiro atoms. The van der Waals surface area contributed by atoms with Gasteiger partial charge in [0.05, 0.1) is 12.3 Å². The topological polar surface area (TPSA) is 54.4 Å². The molecule has 86 valence electrons. The number of rotatable bonds is 4. The quantitative estimate of drug-likeness (QED) is 0.818. The van der Waals surface area contributed by atoms with Crippen molar-refractivity contribution in [2.24, 2.45) is 0 Å².